The molecule has 0 bridgehead atoms. The van der Waals surface area contributed by atoms with E-state index in [1.54, 1.807) is 6.08 Å². The summed E-state index contributed by atoms with van der Waals surface area (Å²) in [5.74, 6) is -1.57. The number of rotatable bonds is 3. The van der Waals surface area contributed by atoms with E-state index in [0.29, 0.717) is 6.42 Å². The number of allylic oxidation sites excluding steroid dienone is 1. The molecule has 3 rings (SSSR count). The topological polar surface area (TPSA) is 84.5 Å². The fraction of sp³-hybridized carbons (Fsp3) is 0.312. The lowest BCUT2D eigenvalue weighted by atomic mass is 9.81. The van der Waals surface area contributed by atoms with Crippen LogP contribution in [0.1, 0.15) is 12.0 Å². The largest absolute Gasteiger partial charge is 0.445 e. The van der Waals surface area contributed by atoms with Gasteiger partial charge in [0.1, 0.15) is 6.61 Å². The molecule has 6 nitrogen and oxygen atoms in total. The Balaban J connectivity index is 1.59. The van der Waals surface area contributed by atoms with Gasteiger partial charge in [0, 0.05) is 0 Å². The maximum Gasteiger partial charge on any atom is 0.407 e. The van der Waals surface area contributed by atoms with Gasteiger partial charge >= 0.3 is 6.09 Å². The van der Waals surface area contributed by atoms with Crippen LogP contribution in [0.25, 0.3) is 0 Å². The van der Waals surface area contributed by atoms with Gasteiger partial charge in [-0.25, -0.2) is 4.79 Å². The summed E-state index contributed by atoms with van der Waals surface area (Å²) in [5.41, 5.74) is 0.878. The minimum Gasteiger partial charge on any atom is -0.445 e. The minimum atomic E-state index is -0.605. The van der Waals surface area contributed by atoms with Gasteiger partial charge < -0.3 is 10.1 Å². The van der Waals surface area contributed by atoms with Crippen LogP contribution < -0.4 is 10.6 Å². The number of hydrogen-bond acceptors (Lipinski definition) is 4. The molecule has 1 saturated heterocycles. The first-order valence-corrected chi connectivity index (χ1v) is 7.14. The Hall–Kier alpha value is -2.63. The van der Waals surface area contributed by atoms with Crippen molar-refractivity contribution in [3.8, 4) is 0 Å². The number of nitrogens with one attached hydrogen (secondary N) is 2. The number of alkyl carbamates (subject to hydrolysis) is 1. The Labute approximate surface area is 127 Å². The van der Waals surface area contributed by atoms with Crippen molar-refractivity contribution in [2.24, 2.45) is 11.8 Å². The molecule has 1 aliphatic heterocycles. The van der Waals surface area contributed by atoms with E-state index >= 15 is 0 Å². The van der Waals surface area contributed by atoms with E-state index in [1.165, 1.54) is 0 Å². The summed E-state index contributed by atoms with van der Waals surface area (Å²) in [6, 6.07) is 8.79. The number of amides is 3. The number of imide groups is 1. The van der Waals surface area contributed by atoms with Crippen LogP contribution in [0.2, 0.25) is 0 Å². The summed E-state index contributed by atoms with van der Waals surface area (Å²) in [6.45, 7) is 0.155. The van der Waals surface area contributed by atoms with Crippen molar-refractivity contribution in [3.05, 3.63) is 48.0 Å². The monoisotopic (exact) mass is 300 g/mol. The molecule has 1 heterocycles. The molecule has 114 valence electrons. The predicted octanol–water partition coefficient (Wildman–Crippen LogP) is 1.13. The highest BCUT2D eigenvalue weighted by atomic mass is 16.5. The molecule has 1 fully saturated rings. The van der Waals surface area contributed by atoms with Gasteiger partial charge in [-0.1, -0.05) is 42.5 Å². The van der Waals surface area contributed by atoms with Gasteiger partial charge in [-0.2, -0.15) is 0 Å². The summed E-state index contributed by atoms with van der Waals surface area (Å²) in [7, 11) is 0. The molecule has 0 saturated carbocycles. The third-order valence-corrected chi connectivity index (χ3v) is 3.94. The van der Waals surface area contributed by atoms with Crippen molar-refractivity contribution < 1.29 is 19.1 Å². The lowest BCUT2D eigenvalue weighted by Crippen LogP contribution is -2.45. The zero-order valence-electron chi connectivity index (χ0n) is 11.8. The smallest absolute Gasteiger partial charge is 0.407 e. The molecule has 0 spiro atoms. The van der Waals surface area contributed by atoms with E-state index in [9.17, 15) is 14.4 Å². The maximum atomic E-state index is 11.9. The van der Waals surface area contributed by atoms with Crippen LogP contribution in [0.4, 0.5) is 4.79 Å². The molecular weight excluding hydrogens is 284 g/mol. The highest BCUT2D eigenvalue weighted by Gasteiger charge is 2.46. The number of hydrogen-bond donors (Lipinski definition) is 2. The molecule has 3 amide bonds. The van der Waals surface area contributed by atoms with Crippen molar-refractivity contribution in [1.29, 1.82) is 0 Å². The van der Waals surface area contributed by atoms with Crippen LogP contribution in [0.3, 0.4) is 0 Å². The van der Waals surface area contributed by atoms with Crippen LogP contribution in [-0.2, 0) is 20.9 Å². The Bertz CT molecular complexity index is 626. The van der Waals surface area contributed by atoms with Gasteiger partial charge in [-0.3, -0.25) is 14.9 Å². The highest BCUT2D eigenvalue weighted by molar-refractivity contribution is 6.06. The second-order valence-electron chi connectivity index (χ2n) is 5.38. The van der Waals surface area contributed by atoms with Crippen LogP contribution in [-0.4, -0.2) is 23.9 Å². The zero-order chi connectivity index (χ0) is 15.5. The summed E-state index contributed by atoms with van der Waals surface area (Å²) >= 11 is 0. The lowest BCUT2D eigenvalue weighted by molar-refractivity contribution is -0.126. The number of fused-ring (bicyclic) bond motifs is 1. The second-order valence-corrected chi connectivity index (χ2v) is 5.38. The molecule has 22 heavy (non-hydrogen) atoms. The first kappa shape index (κ1) is 14.3. The van der Waals surface area contributed by atoms with E-state index in [0.717, 1.165) is 5.56 Å². The number of benzene rings is 1. The molecule has 0 aromatic heterocycles. The highest BCUT2D eigenvalue weighted by Crippen LogP contribution is 2.30. The molecule has 0 radical (unpaired) electrons. The molecule has 1 aromatic carbocycles. The van der Waals surface area contributed by atoms with Crippen molar-refractivity contribution in [3.63, 3.8) is 0 Å². The normalized spacial score (nSPS) is 26.3. The standard InChI is InChI=1S/C16H16N2O4/c19-14-11-7-4-8-12(13(11)15(20)18-14)17-16(21)22-9-10-5-2-1-3-6-10/h1-6,8,11-13H,7,9H2,(H,17,21)(H,18,19,20)/t11-,12+,13-/m0/s1. The predicted molar refractivity (Wildman–Crippen MR) is 77.4 cm³/mol. The number of carbonyl (C=O) groups excluding carboxylic acids is 3. The fourth-order valence-electron chi connectivity index (χ4n) is 2.84. The van der Waals surface area contributed by atoms with E-state index < -0.39 is 24.0 Å². The molecule has 0 unspecified atom stereocenters. The van der Waals surface area contributed by atoms with Crippen molar-refractivity contribution >= 4 is 17.9 Å². The van der Waals surface area contributed by atoms with Crippen LogP contribution >= 0.6 is 0 Å². The summed E-state index contributed by atoms with van der Waals surface area (Å²) in [6.07, 6.45) is 3.45. The van der Waals surface area contributed by atoms with Gasteiger partial charge in [0.15, 0.2) is 0 Å². The molecule has 6 heteroatoms. The first-order valence-electron chi connectivity index (χ1n) is 7.14. The van der Waals surface area contributed by atoms with Crippen molar-refractivity contribution in [1.82, 2.24) is 10.6 Å². The zero-order valence-corrected chi connectivity index (χ0v) is 11.8. The third kappa shape index (κ3) is 2.86. The molecular formula is C16H16N2O4. The SMILES string of the molecule is O=C(N[C@@H]1C=CC[C@@H]2C(=O)NC(=O)[C@@H]21)OCc1ccccc1. The Morgan fingerprint density at radius 3 is 2.77 bits per heavy atom. The second kappa shape index (κ2) is 6.01. The van der Waals surface area contributed by atoms with Crippen LogP contribution in [0.15, 0.2) is 42.5 Å². The average Bonchev–Trinajstić information content (AvgIpc) is 2.82. The lowest BCUT2D eigenvalue weighted by Gasteiger charge is -2.26. The van der Waals surface area contributed by atoms with Crippen LogP contribution in [0, 0.1) is 11.8 Å². The minimum absolute atomic E-state index is 0.155. The Morgan fingerprint density at radius 1 is 1.23 bits per heavy atom. The molecule has 2 aliphatic rings. The van der Waals surface area contributed by atoms with Crippen molar-refractivity contribution in [2.45, 2.75) is 19.1 Å². The average molecular weight is 300 g/mol. The van der Waals surface area contributed by atoms with Crippen molar-refractivity contribution in [2.75, 3.05) is 0 Å². The molecule has 3 atom stereocenters. The fourth-order valence-corrected chi connectivity index (χ4v) is 2.84. The van der Waals surface area contributed by atoms with E-state index in [2.05, 4.69) is 10.6 Å². The molecule has 1 aromatic rings. The first-order chi connectivity index (χ1) is 10.6. The van der Waals surface area contributed by atoms with Gasteiger partial charge in [0.2, 0.25) is 11.8 Å². The number of carbonyl (C=O) groups is 3. The Kier molecular flexibility index (Phi) is 3.91. The van der Waals surface area contributed by atoms with E-state index in [-0.39, 0.29) is 18.4 Å². The van der Waals surface area contributed by atoms with Gasteiger partial charge in [0.25, 0.3) is 0 Å². The van der Waals surface area contributed by atoms with Gasteiger partial charge in [-0.05, 0) is 12.0 Å². The quantitative estimate of drug-likeness (QED) is 0.647. The van der Waals surface area contributed by atoms with E-state index in [1.807, 2.05) is 36.4 Å². The van der Waals surface area contributed by atoms with E-state index in [4.69, 9.17) is 4.74 Å². The summed E-state index contributed by atoms with van der Waals surface area (Å²) in [5, 5.41) is 4.96. The number of ether oxygens (including phenoxy) is 1. The molecule has 1 aliphatic carbocycles. The van der Waals surface area contributed by atoms with Gasteiger partial charge in [0.05, 0.1) is 17.9 Å². The maximum absolute atomic E-state index is 11.9. The summed E-state index contributed by atoms with van der Waals surface area (Å²) < 4.78 is 5.14. The molecule has 2 N–H and O–H groups in total. The summed E-state index contributed by atoms with van der Waals surface area (Å²) in [4.78, 5) is 35.4. The third-order valence-electron chi connectivity index (χ3n) is 3.94. The van der Waals surface area contributed by atoms with Crippen LogP contribution in [0.5, 0.6) is 0 Å². The Morgan fingerprint density at radius 2 is 2.00 bits per heavy atom. The van der Waals surface area contributed by atoms with Gasteiger partial charge in [-0.15, -0.1) is 0 Å².